The molecule has 0 fully saturated rings. The summed E-state index contributed by atoms with van der Waals surface area (Å²) < 4.78 is 43.8. The van der Waals surface area contributed by atoms with Gasteiger partial charge in [-0.15, -0.1) is 0 Å². The Morgan fingerprint density at radius 2 is 1.87 bits per heavy atom. The van der Waals surface area contributed by atoms with Crippen LogP contribution < -0.4 is 4.72 Å². The summed E-state index contributed by atoms with van der Waals surface area (Å²) in [6, 6.07) is 4.47. The number of Topliss-reactive ketones (excluding diaryl/α,β-unsaturated/α-hetero) is 1. The predicted molar refractivity (Wildman–Crippen MR) is 82.6 cm³/mol. The zero-order chi connectivity index (χ0) is 17.6. The average Bonchev–Trinajstić information content (AvgIpc) is 2.35. The number of hydrogen-bond acceptors (Lipinski definition) is 5. The SMILES string of the molecule is CC(C)OC(=O)CC(=O)CC(NS(C)(=O)=O)c1ccccc1F. The number of esters is 1. The fourth-order valence-corrected chi connectivity index (χ4v) is 2.72. The number of nitrogens with one attached hydrogen (secondary N) is 1. The molecule has 1 aromatic carbocycles. The van der Waals surface area contributed by atoms with Gasteiger partial charge >= 0.3 is 5.97 Å². The maximum Gasteiger partial charge on any atom is 0.313 e. The molecule has 1 atom stereocenters. The van der Waals surface area contributed by atoms with Crippen molar-refractivity contribution in [2.45, 2.75) is 38.8 Å². The van der Waals surface area contributed by atoms with Crippen LogP contribution in [0.4, 0.5) is 4.39 Å². The van der Waals surface area contributed by atoms with Crippen LogP contribution in [0.3, 0.4) is 0 Å². The van der Waals surface area contributed by atoms with Gasteiger partial charge in [-0.05, 0) is 19.9 Å². The summed E-state index contributed by atoms with van der Waals surface area (Å²) in [7, 11) is -3.67. The zero-order valence-electron chi connectivity index (χ0n) is 13.2. The standard InChI is InChI=1S/C15H20FNO5S/c1-10(2)22-15(19)9-11(18)8-14(17-23(3,20)21)12-6-4-5-7-13(12)16/h4-7,10,14,17H,8-9H2,1-3H3. The number of ether oxygens (including phenoxy) is 1. The fraction of sp³-hybridized carbons (Fsp3) is 0.467. The third kappa shape index (κ3) is 7.34. The van der Waals surface area contributed by atoms with Crippen molar-refractivity contribution < 1.29 is 27.1 Å². The molecule has 0 saturated carbocycles. The first-order valence-electron chi connectivity index (χ1n) is 7.01. The highest BCUT2D eigenvalue weighted by Crippen LogP contribution is 2.22. The van der Waals surface area contributed by atoms with Gasteiger partial charge in [0.15, 0.2) is 0 Å². The maximum absolute atomic E-state index is 13.9. The lowest BCUT2D eigenvalue weighted by Gasteiger charge is -2.18. The zero-order valence-corrected chi connectivity index (χ0v) is 14.0. The molecule has 0 aromatic heterocycles. The van der Waals surface area contributed by atoms with Crippen LogP contribution in [-0.2, 0) is 24.3 Å². The molecule has 23 heavy (non-hydrogen) atoms. The minimum atomic E-state index is -3.67. The highest BCUT2D eigenvalue weighted by atomic mass is 32.2. The van der Waals surface area contributed by atoms with E-state index in [4.69, 9.17) is 4.74 Å². The first-order valence-corrected chi connectivity index (χ1v) is 8.90. The van der Waals surface area contributed by atoms with Gasteiger partial charge in [-0.2, -0.15) is 0 Å². The van der Waals surface area contributed by atoms with Crippen molar-refractivity contribution >= 4 is 21.8 Å². The molecule has 0 spiro atoms. The Morgan fingerprint density at radius 3 is 2.39 bits per heavy atom. The van der Waals surface area contributed by atoms with Crippen molar-refractivity contribution in [3.05, 3.63) is 35.6 Å². The van der Waals surface area contributed by atoms with Crippen molar-refractivity contribution in [1.29, 1.82) is 0 Å². The largest absolute Gasteiger partial charge is 0.463 e. The Bertz CT molecular complexity index is 672. The van der Waals surface area contributed by atoms with E-state index in [0.717, 1.165) is 6.26 Å². The molecule has 8 heteroatoms. The van der Waals surface area contributed by atoms with Crippen LogP contribution in [0.15, 0.2) is 24.3 Å². The minimum Gasteiger partial charge on any atom is -0.463 e. The second-order valence-corrected chi connectivity index (χ2v) is 7.20. The van der Waals surface area contributed by atoms with Crippen molar-refractivity contribution in [1.82, 2.24) is 4.72 Å². The number of hydrogen-bond donors (Lipinski definition) is 1. The number of benzene rings is 1. The van der Waals surface area contributed by atoms with Crippen molar-refractivity contribution in [3.63, 3.8) is 0 Å². The Morgan fingerprint density at radius 1 is 1.26 bits per heavy atom. The third-order valence-electron chi connectivity index (χ3n) is 2.78. The van der Waals surface area contributed by atoms with Gasteiger partial charge in [-0.25, -0.2) is 17.5 Å². The molecular formula is C15H20FNO5S. The van der Waals surface area contributed by atoms with E-state index in [1.165, 1.54) is 24.3 Å². The summed E-state index contributed by atoms with van der Waals surface area (Å²) in [5, 5.41) is 0. The van der Waals surface area contributed by atoms with Crippen molar-refractivity contribution in [3.8, 4) is 0 Å². The van der Waals surface area contributed by atoms with Gasteiger partial charge in [0.05, 0.1) is 18.4 Å². The number of rotatable bonds is 8. The summed E-state index contributed by atoms with van der Waals surface area (Å²) in [5.74, 6) is -1.87. The van der Waals surface area contributed by atoms with Gasteiger partial charge in [0.2, 0.25) is 10.0 Å². The smallest absolute Gasteiger partial charge is 0.313 e. The van der Waals surface area contributed by atoms with Gasteiger partial charge in [0.1, 0.15) is 18.0 Å². The summed E-state index contributed by atoms with van der Waals surface area (Å²) in [4.78, 5) is 23.4. The first-order chi connectivity index (χ1) is 10.6. The fourth-order valence-electron chi connectivity index (χ4n) is 2.00. The van der Waals surface area contributed by atoms with Crippen LogP contribution in [0.25, 0.3) is 0 Å². The molecule has 0 radical (unpaired) electrons. The minimum absolute atomic E-state index is 0.0449. The van der Waals surface area contributed by atoms with Crippen molar-refractivity contribution in [2.24, 2.45) is 0 Å². The molecule has 0 heterocycles. The number of sulfonamides is 1. The van der Waals surface area contributed by atoms with E-state index in [-0.39, 0.29) is 18.1 Å². The molecule has 1 N–H and O–H groups in total. The van der Waals surface area contributed by atoms with E-state index in [9.17, 15) is 22.4 Å². The highest BCUT2D eigenvalue weighted by Gasteiger charge is 2.24. The molecule has 0 aliphatic rings. The quantitative estimate of drug-likeness (QED) is 0.572. The Labute approximate surface area is 135 Å². The highest BCUT2D eigenvalue weighted by molar-refractivity contribution is 7.88. The molecule has 0 aliphatic carbocycles. The number of carbonyl (C=O) groups is 2. The van der Waals surface area contributed by atoms with Crippen LogP contribution in [0.2, 0.25) is 0 Å². The van der Waals surface area contributed by atoms with E-state index < -0.39 is 40.1 Å². The van der Waals surface area contributed by atoms with Gasteiger partial charge < -0.3 is 4.74 Å². The van der Waals surface area contributed by atoms with E-state index in [0.29, 0.717) is 0 Å². The Balaban J connectivity index is 2.88. The maximum atomic E-state index is 13.9. The van der Waals surface area contributed by atoms with Crippen LogP contribution >= 0.6 is 0 Å². The lowest BCUT2D eigenvalue weighted by Crippen LogP contribution is -2.30. The third-order valence-corrected chi connectivity index (χ3v) is 3.49. The molecule has 0 amide bonds. The van der Waals surface area contributed by atoms with Gasteiger partial charge in [-0.3, -0.25) is 9.59 Å². The molecule has 1 unspecified atom stereocenters. The molecule has 0 bridgehead atoms. The molecule has 6 nitrogen and oxygen atoms in total. The topological polar surface area (TPSA) is 89.5 Å². The van der Waals surface area contributed by atoms with Crippen LogP contribution in [0, 0.1) is 5.82 Å². The summed E-state index contributed by atoms with van der Waals surface area (Å²) in [6.07, 6.45) is -0.277. The number of halogens is 1. The van der Waals surface area contributed by atoms with E-state index in [2.05, 4.69) is 4.72 Å². The Kier molecular flexibility index (Phi) is 6.83. The summed E-state index contributed by atoms with van der Waals surface area (Å²) >= 11 is 0. The molecular weight excluding hydrogens is 325 g/mol. The van der Waals surface area contributed by atoms with E-state index in [1.54, 1.807) is 13.8 Å². The Hall–Kier alpha value is -1.80. The second-order valence-electron chi connectivity index (χ2n) is 5.42. The predicted octanol–water partition coefficient (Wildman–Crippen LogP) is 1.72. The van der Waals surface area contributed by atoms with Crippen LogP contribution in [0.1, 0.15) is 38.3 Å². The van der Waals surface area contributed by atoms with Gasteiger partial charge in [0.25, 0.3) is 0 Å². The lowest BCUT2D eigenvalue weighted by atomic mass is 10.0. The van der Waals surface area contributed by atoms with Gasteiger partial charge in [0, 0.05) is 12.0 Å². The number of ketones is 1. The second kappa shape index (κ2) is 8.16. The normalized spacial score (nSPS) is 12.9. The summed E-state index contributed by atoms with van der Waals surface area (Å²) in [6.45, 7) is 3.30. The monoisotopic (exact) mass is 345 g/mol. The molecule has 0 saturated heterocycles. The average molecular weight is 345 g/mol. The summed E-state index contributed by atoms with van der Waals surface area (Å²) in [5.41, 5.74) is 0.0449. The van der Waals surface area contributed by atoms with E-state index >= 15 is 0 Å². The van der Waals surface area contributed by atoms with Crippen LogP contribution in [0.5, 0.6) is 0 Å². The lowest BCUT2D eigenvalue weighted by molar-refractivity contribution is -0.149. The van der Waals surface area contributed by atoms with Crippen LogP contribution in [-0.4, -0.2) is 32.5 Å². The molecule has 0 aliphatic heterocycles. The molecule has 1 rings (SSSR count). The van der Waals surface area contributed by atoms with Gasteiger partial charge in [-0.1, -0.05) is 18.2 Å². The van der Waals surface area contributed by atoms with Crippen molar-refractivity contribution in [2.75, 3.05) is 6.26 Å². The first kappa shape index (κ1) is 19.2. The molecule has 1 aromatic rings. The molecule has 128 valence electrons. The van der Waals surface area contributed by atoms with E-state index in [1.807, 2.05) is 0 Å². The number of carbonyl (C=O) groups excluding carboxylic acids is 2.